The van der Waals surface area contributed by atoms with Crippen molar-refractivity contribution in [3.05, 3.63) is 84.2 Å². The smallest absolute Gasteiger partial charge is 0.272 e. The largest absolute Gasteiger partial charge is 0.504 e. The fourth-order valence-corrected chi connectivity index (χ4v) is 3.05. The predicted molar refractivity (Wildman–Crippen MR) is 115 cm³/mol. The minimum atomic E-state index is -0.391. The fraction of sp³-hybridized carbons (Fsp3) is 0.0435. The van der Waals surface area contributed by atoms with Crippen molar-refractivity contribution >= 4 is 23.0 Å². The van der Waals surface area contributed by atoms with Crippen LogP contribution in [0.1, 0.15) is 15.9 Å². The van der Waals surface area contributed by atoms with Crippen LogP contribution in [-0.2, 0) is 0 Å². The maximum atomic E-state index is 12.9. The normalized spacial score (nSPS) is 11.0. The van der Waals surface area contributed by atoms with Crippen LogP contribution in [-0.4, -0.2) is 34.3 Å². The number of para-hydroxylation sites is 2. The van der Waals surface area contributed by atoms with Gasteiger partial charge in [0.25, 0.3) is 5.91 Å². The summed E-state index contributed by atoms with van der Waals surface area (Å²) in [7, 11) is 1.46. The van der Waals surface area contributed by atoms with Gasteiger partial charge in [0, 0.05) is 28.9 Å². The molecule has 0 aliphatic carbocycles. The molecule has 2 aromatic carbocycles. The Morgan fingerprint density at radius 2 is 2.00 bits per heavy atom. The molecule has 2 aromatic heterocycles. The van der Waals surface area contributed by atoms with Gasteiger partial charge in [-0.2, -0.15) is 5.10 Å². The van der Waals surface area contributed by atoms with Gasteiger partial charge in [0.2, 0.25) is 0 Å². The lowest BCUT2D eigenvalue weighted by molar-refractivity contribution is 0.0956. The summed E-state index contributed by atoms with van der Waals surface area (Å²) in [6.07, 6.45) is 4.74. The highest BCUT2D eigenvalue weighted by atomic mass is 16.5. The van der Waals surface area contributed by atoms with Crippen LogP contribution >= 0.6 is 0 Å². The van der Waals surface area contributed by atoms with E-state index in [1.54, 1.807) is 36.7 Å². The average molecular weight is 398 g/mol. The van der Waals surface area contributed by atoms with Crippen molar-refractivity contribution in [2.75, 3.05) is 7.11 Å². The monoisotopic (exact) mass is 398 g/mol. The highest BCUT2D eigenvalue weighted by Gasteiger charge is 2.14. The number of aromatic hydroxyl groups is 1. The summed E-state index contributed by atoms with van der Waals surface area (Å²) in [6, 6.07) is 17.8. The van der Waals surface area contributed by atoms with Gasteiger partial charge < -0.3 is 9.84 Å². The molecule has 2 heterocycles. The lowest BCUT2D eigenvalue weighted by Crippen LogP contribution is -2.18. The highest BCUT2D eigenvalue weighted by molar-refractivity contribution is 6.07. The summed E-state index contributed by atoms with van der Waals surface area (Å²) in [5, 5.41) is 14.8. The van der Waals surface area contributed by atoms with Crippen molar-refractivity contribution in [1.82, 2.24) is 15.4 Å². The van der Waals surface area contributed by atoms with Crippen molar-refractivity contribution in [2.45, 2.75) is 0 Å². The van der Waals surface area contributed by atoms with Crippen molar-refractivity contribution in [3.63, 3.8) is 0 Å². The number of hydrogen-bond donors (Lipinski definition) is 2. The van der Waals surface area contributed by atoms with Gasteiger partial charge in [-0.15, -0.1) is 0 Å². The molecule has 0 spiro atoms. The van der Waals surface area contributed by atoms with Crippen molar-refractivity contribution in [3.8, 4) is 22.8 Å². The van der Waals surface area contributed by atoms with Gasteiger partial charge >= 0.3 is 0 Å². The molecule has 0 fully saturated rings. The number of pyridine rings is 2. The van der Waals surface area contributed by atoms with Crippen LogP contribution in [0, 0.1) is 0 Å². The molecule has 0 radical (unpaired) electrons. The number of benzene rings is 2. The summed E-state index contributed by atoms with van der Waals surface area (Å²) in [5.74, 6) is -0.116. The number of fused-ring (bicyclic) bond motifs is 1. The number of phenolic OH excluding ortho intramolecular Hbond substituents is 1. The number of methoxy groups -OCH3 is 1. The molecule has 0 aliphatic heterocycles. The van der Waals surface area contributed by atoms with E-state index in [9.17, 15) is 9.90 Å². The average Bonchev–Trinajstić information content (AvgIpc) is 2.80. The minimum Gasteiger partial charge on any atom is -0.504 e. The van der Waals surface area contributed by atoms with Crippen LogP contribution in [0.3, 0.4) is 0 Å². The van der Waals surface area contributed by atoms with Crippen LogP contribution in [0.25, 0.3) is 22.2 Å². The number of carbonyl (C=O) groups excluding carboxylic acids is 1. The van der Waals surface area contributed by atoms with Gasteiger partial charge in [0.15, 0.2) is 11.5 Å². The number of carbonyl (C=O) groups is 1. The summed E-state index contributed by atoms with van der Waals surface area (Å²) in [4.78, 5) is 21.6. The van der Waals surface area contributed by atoms with Crippen molar-refractivity contribution < 1.29 is 14.6 Å². The van der Waals surface area contributed by atoms with Gasteiger partial charge in [-0.25, -0.2) is 10.4 Å². The van der Waals surface area contributed by atoms with Crippen LogP contribution < -0.4 is 10.2 Å². The van der Waals surface area contributed by atoms with E-state index in [2.05, 4.69) is 20.5 Å². The van der Waals surface area contributed by atoms with Gasteiger partial charge in [0.1, 0.15) is 0 Å². The molecule has 7 nitrogen and oxygen atoms in total. The Bertz CT molecular complexity index is 1240. The lowest BCUT2D eigenvalue weighted by Gasteiger charge is -2.09. The Morgan fingerprint density at radius 1 is 1.13 bits per heavy atom. The first kappa shape index (κ1) is 19.1. The number of amides is 1. The molecule has 148 valence electrons. The predicted octanol–water partition coefficient (Wildman–Crippen LogP) is 3.77. The van der Waals surface area contributed by atoms with E-state index in [1.165, 1.54) is 13.3 Å². The molecule has 0 saturated heterocycles. The molecule has 4 rings (SSSR count). The second kappa shape index (κ2) is 8.40. The van der Waals surface area contributed by atoms with E-state index in [-0.39, 0.29) is 5.75 Å². The van der Waals surface area contributed by atoms with E-state index in [1.807, 2.05) is 36.4 Å². The Balaban J connectivity index is 1.66. The number of ether oxygens (including phenoxy) is 1. The number of hydrazone groups is 1. The van der Waals surface area contributed by atoms with Crippen LogP contribution in [0.2, 0.25) is 0 Å². The lowest BCUT2D eigenvalue weighted by atomic mass is 10.0. The third-order valence-electron chi connectivity index (χ3n) is 4.54. The first-order chi connectivity index (χ1) is 14.7. The summed E-state index contributed by atoms with van der Waals surface area (Å²) in [6.45, 7) is 0. The van der Waals surface area contributed by atoms with Gasteiger partial charge in [-0.3, -0.25) is 9.78 Å². The standard InChI is InChI=1S/C23H18N4O3/c1-30-21-10-4-6-16(22(21)28)14-25-27-23(29)18-12-20(15-7-5-11-24-13-15)26-19-9-3-2-8-17(18)19/h2-14,28H,1H3,(H,27,29)/b25-14+. The van der Waals surface area contributed by atoms with E-state index >= 15 is 0 Å². The topological polar surface area (TPSA) is 96.7 Å². The maximum absolute atomic E-state index is 12.9. The SMILES string of the molecule is COc1cccc(/C=N/NC(=O)c2cc(-c3cccnc3)nc3ccccc23)c1O. The number of hydrogen-bond acceptors (Lipinski definition) is 6. The van der Waals surface area contributed by atoms with E-state index in [4.69, 9.17) is 4.74 Å². The van der Waals surface area contributed by atoms with Crippen LogP contribution in [0.4, 0.5) is 0 Å². The quantitative estimate of drug-likeness (QED) is 0.394. The van der Waals surface area contributed by atoms with Crippen LogP contribution in [0.5, 0.6) is 11.5 Å². The number of aromatic nitrogens is 2. The zero-order valence-electron chi connectivity index (χ0n) is 16.1. The van der Waals surface area contributed by atoms with Gasteiger partial charge in [-0.05, 0) is 36.4 Å². The molecule has 0 bridgehead atoms. The molecular formula is C23H18N4O3. The number of rotatable bonds is 5. The van der Waals surface area contributed by atoms with Gasteiger partial charge in [0.05, 0.1) is 30.1 Å². The third kappa shape index (κ3) is 3.81. The molecule has 0 unspecified atom stereocenters. The van der Waals surface area contributed by atoms with Crippen molar-refractivity contribution in [1.29, 1.82) is 0 Å². The summed E-state index contributed by atoms with van der Waals surface area (Å²) >= 11 is 0. The van der Waals surface area contributed by atoms with E-state index in [0.717, 1.165) is 5.56 Å². The Labute approximate surface area is 172 Å². The Morgan fingerprint density at radius 3 is 2.80 bits per heavy atom. The van der Waals surface area contributed by atoms with E-state index < -0.39 is 5.91 Å². The second-order valence-corrected chi connectivity index (χ2v) is 6.41. The summed E-state index contributed by atoms with van der Waals surface area (Å²) in [5.41, 5.74) is 5.52. The molecule has 7 heteroatoms. The number of phenols is 1. The van der Waals surface area contributed by atoms with Gasteiger partial charge in [-0.1, -0.05) is 24.3 Å². The minimum absolute atomic E-state index is 0.0498. The Hall–Kier alpha value is -4.26. The first-order valence-electron chi connectivity index (χ1n) is 9.17. The summed E-state index contributed by atoms with van der Waals surface area (Å²) < 4.78 is 5.07. The molecule has 0 saturated carbocycles. The Kier molecular flexibility index (Phi) is 5.34. The molecule has 0 aliphatic rings. The zero-order valence-corrected chi connectivity index (χ0v) is 16.1. The molecule has 0 atom stereocenters. The van der Waals surface area contributed by atoms with Crippen molar-refractivity contribution in [2.24, 2.45) is 5.10 Å². The zero-order chi connectivity index (χ0) is 20.9. The molecular weight excluding hydrogens is 380 g/mol. The van der Waals surface area contributed by atoms with Crippen LogP contribution in [0.15, 0.2) is 78.2 Å². The first-order valence-corrected chi connectivity index (χ1v) is 9.17. The molecule has 30 heavy (non-hydrogen) atoms. The van der Waals surface area contributed by atoms with E-state index in [0.29, 0.717) is 33.5 Å². The fourth-order valence-electron chi connectivity index (χ4n) is 3.05. The second-order valence-electron chi connectivity index (χ2n) is 6.41. The molecule has 4 aromatic rings. The maximum Gasteiger partial charge on any atom is 0.272 e. The molecule has 1 amide bonds. The highest BCUT2D eigenvalue weighted by Crippen LogP contribution is 2.28. The molecule has 2 N–H and O–H groups in total. The number of nitrogens with one attached hydrogen (secondary N) is 1. The number of nitrogens with zero attached hydrogens (tertiary/aromatic N) is 3. The third-order valence-corrected chi connectivity index (χ3v) is 4.54.